The molecule has 1 aliphatic carbocycles. The van der Waals surface area contributed by atoms with Crippen LogP contribution in [0.3, 0.4) is 0 Å². The van der Waals surface area contributed by atoms with Crippen molar-refractivity contribution in [3.05, 3.63) is 36.4 Å². The molecule has 0 aromatic carbocycles. The Morgan fingerprint density at radius 2 is 2.16 bits per heavy atom. The lowest BCUT2D eigenvalue weighted by Crippen LogP contribution is -2.52. The minimum atomic E-state index is -0.396. The van der Waals surface area contributed by atoms with Gasteiger partial charge in [-0.05, 0) is 25.0 Å². The third-order valence-corrected chi connectivity index (χ3v) is 4.95. The average molecular weight is 261 g/mol. The number of piperidine rings is 1. The number of rotatable bonds is 0. The van der Waals surface area contributed by atoms with Crippen LogP contribution in [0.1, 0.15) is 12.8 Å². The van der Waals surface area contributed by atoms with Gasteiger partial charge in [-0.15, -0.1) is 0 Å². The van der Waals surface area contributed by atoms with Crippen LogP contribution < -0.4 is 5.32 Å². The Kier molecular flexibility index (Phi) is 2.50. The van der Waals surface area contributed by atoms with Gasteiger partial charge in [-0.25, -0.2) is 0 Å². The van der Waals surface area contributed by atoms with Gasteiger partial charge in [0.1, 0.15) is 5.60 Å². The van der Waals surface area contributed by atoms with E-state index in [0.717, 1.165) is 26.0 Å². The third kappa shape index (κ3) is 1.60. The summed E-state index contributed by atoms with van der Waals surface area (Å²) in [5, 5.41) is 13.9. The van der Waals surface area contributed by atoms with Gasteiger partial charge in [0.2, 0.25) is 0 Å². The molecule has 1 spiro atoms. The van der Waals surface area contributed by atoms with Crippen LogP contribution in [0.4, 0.5) is 0 Å². The number of fused-ring (bicyclic) bond motifs is 4. The van der Waals surface area contributed by atoms with Gasteiger partial charge >= 0.3 is 0 Å². The highest BCUT2D eigenvalue weighted by atomic mass is 16.5. The fourth-order valence-corrected chi connectivity index (χ4v) is 4.09. The van der Waals surface area contributed by atoms with Crippen molar-refractivity contribution in [2.45, 2.75) is 24.5 Å². The molecule has 4 aliphatic rings. The van der Waals surface area contributed by atoms with Crippen molar-refractivity contribution in [3.8, 4) is 0 Å². The molecule has 19 heavy (non-hydrogen) atoms. The first-order chi connectivity index (χ1) is 9.30. The van der Waals surface area contributed by atoms with Crippen molar-refractivity contribution in [1.29, 1.82) is 0 Å². The zero-order chi connectivity index (χ0) is 12.9. The Bertz CT molecular complexity index is 456. The summed E-state index contributed by atoms with van der Waals surface area (Å²) in [6, 6.07) is 0. The van der Waals surface area contributed by atoms with E-state index >= 15 is 0 Å². The minimum Gasteiger partial charge on any atom is -0.473 e. The summed E-state index contributed by atoms with van der Waals surface area (Å²) in [4.78, 5) is 0. The molecule has 3 heterocycles. The first-order valence-electron chi connectivity index (χ1n) is 7.07. The summed E-state index contributed by atoms with van der Waals surface area (Å²) < 4.78 is 11.3. The molecule has 0 radical (unpaired) electrons. The summed E-state index contributed by atoms with van der Waals surface area (Å²) in [6.07, 6.45) is 11.2. The molecule has 0 aromatic heterocycles. The molecule has 0 amide bonds. The SMILES string of the molecule is OC1CCC=C2NCC3COC4(C=COC=C4)C3C21. The standard InChI is InChI=1S/C15H19NO3/c17-12-3-1-2-11-13(12)14-10(8-16-11)9-19-15(14)4-6-18-7-5-15/h2,4-7,10,12-14,16-17H,1,3,8-9H2. The number of hydrogen-bond donors (Lipinski definition) is 2. The van der Waals surface area contributed by atoms with E-state index in [-0.39, 0.29) is 12.0 Å². The number of hydrogen-bond acceptors (Lipinski definition) is 4. The van der Waals surface area contributed by atoms with E-state index in [4.69, 9.17) is 9.47 Å². The van der Waals surface area contributed by atoms with Crippen molar-refractivity contribution in [2.24, 2.45) is 17.8 Å². The zero-order valence-corrected chi connectivity index (χ0v) is 10.8. The minimum absolute atomic E-state index is 0.155. The second-order valence-corrected chi connectivity index (χ2v) is 5.90. The van der Waals surface area contributed by atoms with E-state index in [9.17, 15) is 5.11 Å². The van der Waals surface area contributed by atoms with E-state index in [1.807, 2.05) is 12.2 Å². The Morgan fingerprint density at radius 3 is 3.00 bits per heavy atom. The van der Waals surface area contributed by atoms with Crippen LogP contribution in [0.5, 0.6) is 0 Å². The first kappa shape index (κ1) is 11.6. The monoisotopic (exact) mass is 261 g/mol. The van der Waals surface area contributed by atoms with E-state index in [1.54, 1.807) is 12.5 Å². The maximum Gasteiger partial charge on any atom is 0.115 e. The molecule has 4 atom stereocenters. The second-order valence-electron chi connectivity index (χ2n) is 5.90. The Hall–Kier alpha value is -1.26. The summed E-state index contributed by atoms with van der Waals surface area (Å²) in [5.41, 5.74) is 0.811. The molecule has 102 valence electrons. The summed E-state index contributed by atoms with van der Waals surface area (Å²) in [5.74, 6) is 0.899. The molecule has 0 bridgehead atoms. The normalized spacial score (nSPS) is 42.1. The lowest BCUT2D eigenvalue weighted by Gasteiger charge is -2.45. The smallest absolute Gasteiger partial charge is 0.115 e. The van der Waals surface area contributed by atoms with Gasteiger partial charge in [0, 0.05) is 30.0 Å². The van der Waals surface area contributed by atoms with Crippen LogP contribution >= 0.6 is 0 Å². The fourth-order valence-electron chi connectivity index (χ4n) is 4.09. The molecule has 0 aromatic rings. The average Bonchev–Trinajstić information content (AvgIpc) is 2.79. The van der Waals surface area contributed by atoms with Crippen molar-refractivity contribution in [3.63, 3.8) is 0 Å². The Balaban J connectivity index is 1.76. The highest BCUT2D eigenvalue weighted by Crippen LogP contribution is 2.50. The number of nitrogens with one attached hydrogen (secondary N) is 1. The van der Waals surface area contributed by atoms with Gasteiger partial charge in [0.05, 0.1) is 25.2 Å². The van der Waals surface area contributed by atoms with Crippen LogP contribution in [0, 0.1) is 17.8 Å². The van der Waals surface area contributed by atoms with Crippen LogP contribution in [-0.2, 0) is 9.47 Å². The number of aliphatic hydroxyl groups excluding tert-OH is 1. The van der Waals surface area contributed by atoms with Crippen LogP contribution in [0.25, 0.3) is 0 Å². The summed E-state index contributed by atoms with van der Waals surface area (Å²) in [7, 11) is 0. The number of allylic oxidation sites excluding steroid dienone is 1. The molecule has 0 saturated carbocycles. The Morgan fingerprint density at radius 1 is 1.32 bits per heavy atom. The summed E-state index contributed by atoms with van der Waals surface area (Å²) >= 11 is 0. The number of aliphatic hydroxyl groups is 1. The maximum absolute atomic E-state index is 10.4. The third-order valence-electron chi connectivity index (χ3n) is 4.95. The molecule has 2 saturated heterocycles. The van der Waals surface area contributed by atoms with Crippen LogP contribution in [0.2, 0.25) is 0 Å². The second kappa shape index (κ2) is 4.12. The zero-order valence-electron chi connectivity index (χ0n) is 10.8. The topological polar surface area (TPSA) is 50.7 Å². The van der Waals surface area contributed by atoms with E-state index in [1.165, 1.54) is 5.70 Å². The highest BCUT2D eigenvalue weighted by molar-refractivity contribution is 5.29. The van der Waals surface area contributed by atoms with Crippen LogP contribution in [-0.4, -0.2) is 30.0 Å². The molecule has 2 N–H and O–H groups in total. The molecule has 3 aliphatic heterocycles. The van der Waals surface area contributed by atoms with Gasteiger partial charge in [-0.1, -0.05) is 6.08 Å². The largest absolute Gasteiger partial charge is 0.473 e. The number of ether oxygens (including phenoxy) is 2. The Labute approximate surface area is 112 Å². The quantitative estimate of drug-likeness (QED) is 0.690. The van der Waals surface area contributed by atoms with Gasteiger partial charge in [0.25, 0.3) is 0 Å². The van der Waals surface area contributed by atoms with E-state index in [2.05, 4.69) is 11.4 Å². The van der Waals surface area contributed by atoms with Gasteiger partial charge < -0.3 is 19.9 Å². The van der Waals surface area contributed by atoms with Crippen molar-refractivity contribution in [2.75, 3.05) is 13.2 Å². The molecule has 4 unspecified atom stereocenters. The van der Waals surface area contributed by atoms with Crippen molar-refractivity contribution >= 4 is 0 Å². The van der Waals surface area contributed by atoms with Gasteiger partial charge in [-0.2, -0.15) is 0 Å². The molecule has 4 nitrogen and oxygen atoms in total. The lowest BCUT2D eigenvalue weighted by molar-refractivity contribution is -0.000314. The molecule has 2 fully saturated rings. The highest BCUT2D eigenvalue weighted by Gasteiger charge is 2.55. The predicted molar refractivity (Wildman–Crippen MR) is 69.8 cm³/mol. The van der Waals surface area contributed by atoms with Crippen molar-refractivity contribution < 1.29 is 14.6 Å². The molecule has 4 rings (SSSR count). The van der Waals surface area contributed by atoms with Crippen LogP contribution in [0.15, 0.2) is 36.4 Å². The lowest BCUT2D eigenvalue weighted by atomic mass is 9.65. The van der Waals surface area contributed by atoms with E-state index < -0.39 is 5.60 Å². The molecule has 4 heteroatoms. The van der Waals surface area contributed by atoms with Crippen molar-refractivity contribution in [1.82, 2.24) is 5.32 Å². The summed E-state index contributed by atoms with van der Waals surface area (Å²) in [6.45, 7) is 1.67. The molecular formula is C15H19NO3. The van der Waals surface area contributed by atoms with Gasteiger partial charge in [0.15, 0.2) is 0 Å². The van der Waals surface area contributed by atoms with E-state index in [0.29, 0.717) is 11.8 Å². The first-order valence-corrected chi connectivity index (χ1v) is 7.07. The maximum atomic E-state index is 10.4. The predicted octanol–water partition coefficient (Wildman–Crippen LogP) is 1.30. The van der Waals surface area contributed by atoms with Gasteiger partial charge in [-0.3, -0.25) is 0 Å². The molecular weight excluding hydrogens is 242 g/mol. The fraction of sp³-hybridized carbons (Fsp3) is 0.600.